The number of hydrogen-bond acceptors (Lipinski definition) is 4. The third kappa shape index (κ3) is 3.30. The van der Waals surface area contributed by atoms with Crippen molar-refractivity contribution in [2.24, 2.45) is 0 Å². The number of sulfonamides is 1. The Kier molecular flexibility index (Phi) is 4.70. The van der Waals surface area contributed by atoms with Gasteiger partial charge in [-0.15, -0.1) is 0 Å². The standard InChI is InChI=1S/C21H19N3O3S/c1-2-24(14-20-22-19-10-6-5-9-18(19)21(25)23-20)28(26,27)17-12-11-15-7-3-4-8-16(15)13-17/h3-13H,2,14H2,1H3,(H,22,23,25). The van der Waals surface area contributed by atoms with E-state index in [9.17, 15) is 13.2 Å². The van der Waals surface area contributed by atoms with E-state index >= 15 is 0 Å². The number of nitrogens with one attached hydrogen (secondary N) is 1. The first-order chi connectivity index (χ1) is 13.5. The van der Waals surface area contributed by atoms with Crippen LogP contribution in [0.15, 0.2) is 76.4 Å². The predicted molar refractivity (Wildman–Crippen MR) is 110 cm³/mol. The molecule has 1 aromatic heterocycles. The maximum atomic E-state index is 13.2. The van der Waals surface area contributed by atoms with Crippen LogP contribution in [0.1, 0.15) is 12.7 Å². The largest absolute Gasteiger partial charge is 0.309 e. The Hall–Kier alpha value is -3.03. The lowest BCUT2D eigenvalue weighted by atomic mass is 10.1. The van der Waals surface area contributed by atoms with Crippen molar-refractivity contribution in [2.45, 2.75) is 18.4 Å². The van der Waals surface area contributed by atoms with E-state index in [4.69, 9.17) is 0 Å². The Morgan fingerprint density at radius 2 is 1.68 bits per heavy atom. The molecular weight excluding hydrogens is 374 g/mol. The van der Waals surface area contributed by atoms with Crippen molar-refractivity contribution in [2.75, 3.05) is 6.54 Å². The Morgan fingerprint density at radius 1 is 0.964 bits per heavy atom. The third-order valence-corrected chi connectivity index (χ3v) is 6.62. The van der Waals surface area contributed by atoms with E-state index in [0.717, 1.165) is 10.8 Å². The van der Waals surface area contributed by atoms with Gasteiger partial charge < -0.3 is 4.98 Å². The molecule has 0 amide bonds. The zero-order valence-electron chi connectivity index (χ0n) is 15.3. The second kappa shape index (κ2) is 7.18. The van der Waals surface area contributed by atoms with Gasteiger partial charge in [0.05, 0.1) is 22.3 Å². The predicted octanol–water partition coefficient (Wildman–Crippen LogP) is 3.29. The number of aromatic nitrogens is 2. The van der Waals surface area contributed by atoms with Crippen LogP contribution in [-0.4, -0.2) is 29.2 Å². The first-order valence-corrected chi connectivity index (χ1v) is 10.4. The lowest BCUT2D eigenvalue weighted by Gasteiger charge is -2.20. The number of H-pyrrole nitrogens is 1. The normalized spacial score (nSPS) is 12.1. The van der Waals surface area contributed by atoms with Crippen LogP contribution >= 0.6 is 0 Å². The number of nitrogens with zero attached hydrogens (tertiary/aromatic N) is 2. The Balaban J connectivity index is 1.72. The quantitative estimate of drug-likeness (QED) is 0.564. The highest BCUT2D eigenvalue weighted by Crippen LogP contribution is 2.22. The molecule has 0 aliphatic carbocycles. The molecule has 142 valence electrons. The first kappa shape index (κ1) is 18.3. The smallest absolute Gasteiger partial charge is 0.258 e. The molecule has 0 fully saturated rings. The van der Waals surface area contributed by atoms with Crippen molar-refractivity contribution < 1.29 is 8.42 Å². The summed E-state index contributed by atoms with van der Waals surface area (Å²) in [7, 11) is -3.74. The van der Waals surface area contributed by atoms with Crippen molar-refractivity contribution in [3.05, 3.63) is 82.9 Å². The molecule has 0 aliphatic rings. The summed E-state index contributed by atoms with van der Waals surface area (Å²) in [6.45, 7) is 2.01. The van der Waals surface area contributed by atoms with Crippen LogP contribution in [0.4, 0.5) is 0 Å². The van der Waals surface area contributed by atoms with Gasteiger partial charge >= 0.3 is 0 Å². The molecule has 4 aromatic rings. The van der Waals surface area contributed by atoms with Gasteiger partial charge in [0.2, 0.25) is 10.0 Å². The number of benzene rings is 3. The van der Waals surface area contributed by atoms with Gasteiger partial charge in [-0.3, -0.25) is 4.79 Å². The van der Waals surface area contributed by atoms with Gasteiger partial charge in [0, 0.05) is 6.54 Å². The van der Waals surface area contributed by atoms with E-state index in [1.807, 2.05) is 24.3 Å². The topological polar surface area (TPSA) is 83.1 Å². The summed E-state index contributed by atoms with van der Waals surface area (Å²) < 4.78 is 27.6. The maximum Gasteiger partial charge on any atom is 0.258 e. The minimum absolute atomic E-state index is 0.00820. The molecular formula is C21H19N3O3S. The SMILES string of the molecule is CCN(Cc1nc2ccccc2c(=O)[nH]1)S(=O)(=O)c1ccc2ccccc2c1. The van der Waals surface area contributed by atoms with Gasteiger partial charge in [0.1, 0.15) is 5.82 Å². The minimum Gasteiger partial charge on any atom is -0.309 e. The summed E-state index contributed by atoms with van der Waals surface area (Å²) in [6, 6.07) is 19.7. The summed E-state index contributed by atoms with van der Waals surface area (Å²) in [5.74, 6) is 0.315. The molecule has 28 heavy (non-hydrogen) atoms. The summed E-state index contributed by atoms with van der Waals surface area (Å²) in [5.41, 5.74) is 0.264. The van der Waals surface area contributed by atoms with Crippen LogP contribution in [0.3, 0.4) is 0 Å². The van der Waals surface area contributed by atoms with E-state index in [1.54, 1.807) is 49.4 Å². The van der Waals surface area contributed by atoms with Crippen LogP contribution < -0.4 is 5.56 Å². The summed E-state index contributed by atoms with van der Waals surface area (Å²) >= 11 is 0. The average Bonchev–Trinajstić information content (AvgIpc) is 2.71. The molecule has 0 aliphatic heterocycles. The van der Waals surface area contributed by atoms with Crippen LogP contribution in [0.2, 0.25) is 0 Å². The number of aromatic amines is 1. The van der Waals surface area contributed by atoms with Gasteiger partial charge in [-0.1, -0.05) is 49.4 Å². The fraction of sp³-hybridized carbons (Fsp3) is 0.143. The Bertz CT molecular complexity index is 1330. The molecule has 4 rings (SSSR count). The van der Waals surface area contributed by atoms with Crippen molar-refractivity contribution in [3.8, 4) is 0 Å². The second-order valence-corrected chi connectivity index (χ2v) is 8.41. The van der Waals surface area contributed by atoms with Gasteiger partial charge in [0.15, 0.2) is 0 Å². The summed E-state index contributed by atoms with van der Waals surface area (Å²) in [5, 5.41) is 2.31. The fourth-order valence-electron chi connectivity index (χ4n) is 3.22. The van der Waals surface area contributed by atoms with Gasteiger partial charge in [-0.05, 0) is 35.0 Å². The monoisotopic (exact) mass is 393 g/mol. The third-order valence-electron chi connectivity index (χ3n) is 4.70. The molecule has 6 nitrogen and oxygen atoms in total. The minimum atomic E-state index is -3.74. The van der Waals surface area contributed by atoms with Gasteiger partial charge in [-0.2, -0.15) is 4.31 Å². The molecule has 0 atom stereocenters. The van der Waals surface area contributed by atoms with Crippen molar-refractivity contribution in [1.82, 2.24) is 14.3 Å². The molecule has 3 aromatic carbocycles. The number of rotatable bonds is 5. The summed E-state index contributed by atoms with van der Waals surface area (Å²) in [4.78, 5) is 19.6. The average molecular weight is 393 g/mol. The zero-order valence-corrected chi connectivity index (χ0v) is 16.1. The Morgan fingerprint density at radius 3 is 2.46 bits per heavy atom. The lowest BCUT2D eigenvalue weighted by molar-refractivity contribution is 0.414. The molecule has 0 saturated heterocycles. The van der Waals surface area contributed by atoms with Crippen molar-refractivity contribution in [3.63, 3.8) is 0 Å². The van der Waals surface area contributed by atoms with Gasteiger partial charge in [-0.25, -0.2) is 13.4 Å². The molecule has 0 bridgehead atoms. The van der Waals surface area contributed by atoms with Crippen LogP contribution in [0, 0.1) is 0 Å². The highest BCUT2D eigenvalue weighted by atomic mass is 32.2. The van der Waals surface area contributed by atoms with Crippen molar-refractivity contribution >= 4 is 31.7 Å². The molecule has 7 heteroatoms. The highest BCUT2D eigenvalue weighted by molar-refractivity contribution is 7.89. The van der Waals surface area contributed by atoms with Crippen LogP contribution in [-0.2, 0) is 16.6 Å². The molecule has 0 unspecified atom stereocenters. The molecule has 0 saturated carbocycles. The number of fused-ring (bicyclic) bond motifs is 2. The van der Waals surface area contributed by atoms with E-state index in [0.29, 0.717) is 16.7 Å². The molecule has 1 heterocycles. The lowest BCUT2D eigenvalue weighted by Crippen LogP contribution is -2.32. The van der Waals surface area contributed by atoms with E-state index in [1.165, 1.54) is 4.31 Å². The van der Waals surface area contributed by atoms with Crippen molar-refractivity contribution in [1.29, 1.82) is 0 Å². The highest BCUT2D eigenvalue weighted by Gasteiger charge is 2.24. The van der Waals surface area contributed by atoms with E-state index in [-0.39, 0.29) is 23.5 Å². The molecule has 0 radical (unpaired) electrons. The fourth-order valence-corrected chi connectivity index (χ4v) is 4.67. The van der Waals surface area contributed by atoms with E-state index < -0.39 is 10.0 Å². The van der Waals surface area contributed by atoms with Crippen LogP contribution in [0.25, 0.3) is 21.7 Å². The van der Waals surface area contributed by atoms with Crippen LogP contribution in [0.5, 0.6) is 0 Å². The summed E-state index contributed by atoms with van der Waals surface area (Å²) in [6.07, 6.45) is 0. The van der Waals surface area contributed by atoms with Gasteiger partial charge in [0.25, 0.3) is 5.56 Å². The zero-order chi connectivity index (χ0) is 19.7. The first-order valence-electron chi connectivity index (χ1n) is 8.96. The number of para-hydroxylation sites is 1. The van der Waals surface area contributed by atoms with E-state index in [2.05, 4.69) is 9.97 Å². The molecule has 1 N–H and O–H groups in total. The Labute approximate surface area is 162 Å². The maximum absolute atomic E-state index is 13.2. The number of hydrogen-bond donors (Lipinski definition) is 1. The second-order valence-electron chi connectivity index (χ2n) is 6.47. The molecule has 0 spiro atoms.